The second-order valence-corrected chi connectivity index (χ2v) is 9.20. The molecule has 0 aliphatic carbocycles. The summed E-state index contributed by atoms with van der Waals surface area (Å²) in [5.74, 6) is 0.874. The minimum atomic E-state index is -3.61. The number of hydrogen-bond donors (Lipinski definition) is 1. The maximum Gasteiger partial charge on any atom is 0.253 e. The molecule has 0 aliphatic rings. The molecule has 30 heavy (non-hydrogen) atoms. The van der Waals surface area contributed by atoms with Gasteiger partial charge in [0, 0.05) is 18.8 Å². The highest BCUT2D eigenvalue weighted by Gasteiger charge is 2.25. The van der Waals surface area contributed by atoms with Gasteiger partial charge in [0.15, 0.2) is 21.3 Å². The summed E-state index contributed by atoms with van der Waals surface area (Å²) in [6.07, 6.45) is 5.38. The Balaban J connectivity index is 2.01. The SMILES string of the molecule is CCc1cnn(-c2ncc(S(=O)(=O)CC)c(-c3nc4cc(C)cnc4n3C)n2)c1N. The number of rotatable bonds is 5. The lowest BCUT2D eigenvalue weighted by Crippen LogP contribution is -2.13. The first-order valence-corrected chi connectivity index (χ1v) is 11.1. The Morgan fingerprint density at radius 2 is 1.87 bits per heavy atom. The zero-order valence-electron chi connectivity index (χ0n) is 17.2. The summed E-state index contributed by atoms with van der Waals surface area (Å²) in [6.45, 7) is 5.46. The van der Waals surface area contributed by atoms with Gasteiger partial charge in [0.2, 0.25) is 0 Å². The summed E-state index contributed by atoms with van der Waals surface area (Å²) in [7, 11) is -1.84. The molecular formula is C19H22N8O2S. The molecule has 4 aromatic heterocycles. The molecule has 0 fully saturated rings. The molecule has 10 nitrogen and oxygen atoms in total. The van der Waals surface area contributed by atoms with Gasteiger partial charge in [-0.1, -0.05) is 13.8 Å². The van der Waals surface area contributed by atoms with Crippen LogP contribution in [0, 0.1) is 6.92 Å². The first-order chi connectivity index (χ1) is 14.3. The maximum absolute atomic E-state index is 12.8. The van der Waals surface area contributed by atoms with Gasteiger partial charge in [0.05, 0.1) is 18.1 Å². The molecule has 0 amide bonds. The summed E-state index contributed by atoms with van der Waals surface area (Å²) in [5, 5.41) is 4.26. The maximum atomic E-state index is 12.8. The molecule has 156 valence electrons. The third-order valence-corrected chi connectivity index (χ3v) is 6.70. The summed E-state index contributed by atoms with van der Waals surface area (Å²) in [5.41, 5.74) is 9.44. The van der Waals surface area contributed by atoms with E-state index in [9.17, 15) is 8.42 Å². The van der Waals surface area contributed by atoms with E-state index in [-0.39, 0.29) is 22.3 Å². The van der Waals surface area contributed by atoms with Crippen LogP contribution in [0.3, 0.4) is 0 Å². The van der Waals surface area contributed by atoms with Gasteiger partial charge in [-0.2, -0.15) is 9.78 Å². The number of fused-ring (bicyclic) bond motifs is 1. The van der Waals surface area contributed by atoms with E-state index in [1.807, 2.05) is 19.9 Å². The van der Waals surface area contributed by atoms with Crippen LogP contribution in [0.1, 0.15) is 25.0 Å². The van der Waals surface area contributed by atoms with Crippen LogP contribution in [0.15, 0.2) is 29.6 Å². The predicted molar refractivity (Wildman–Crippen MR) is 113 cm³/mol. The lowest BCUT2D eigenvalue weighted by Gasteiger charge is -2.11. The molecule has 0 saturated heterocycles. The topological polar surface area (TPSA) is 134 Å². The van der Waals surface area contributed by atoms with Gasteiger partial charge in [0.25, 0.3) is 5.95 Å². The van der Waals surface area contributed by atoms with Crippen molar-refractivity contribution < 1.29 is 8.42 Å². The third kappa shape index (κ3) is 3.11. The molecular weight excluding hydrogens is 404 g/mol. The molecule has 0 unspecified atom stereocenters. The Hall–Kier alpha value is -3.34. The fraction of sp³-hybridized carbons (Fsp3) is 0.316. The molecule has 4 aromatic rings. The van der Waals surface area contributed by atoms with Crippen molar-refractivity contribution in [3.8, 4) is 17.5 Å². The highest BCUT2D eigenvalue weighted by atomic mass is 32.2. The molecule has 2 N–H and O–H groups in total. The highest BCUT2D eigenvalue weighted by molar-refractivity contribution is 7.91. The van der Waals surface area contributed by atoms with Gasteiger partial charge in [-0.3, -0.25) is 0 Å². The monoisotopic (exact) mass is 426 g/mol. The van der Waals surface area contributed by atoms with Crippen LogP contribution in [0.25, 0.3) is 28.6 Å². The second kappa shape index (κ2) is 7.17. The Bertz CT molecular complexity index is 1370. The van der Waals surface area contributed by atoms with E-state index in [2.05, 4.69) is 25.0 Å². The van der Waals surface area contributed by atoms with Crippen molar-refractivity contribution in [1.29, 1.82) is 0 Å². The fourth-order valence-corrected chi connectivity index (χ4v) is 4.17. The van der Waals surface area contributed by atoms with Crippen LogP contribution in [-0.2, 0) is 23.3 Å². The first-order valence-electron chi connectivity index (χ1n) is 9.48. The molecule has 4 heterocycles. The number of hydrogen-bond acceptors (Lipinski definition) is 8. The van der Waals surface area contributed by atoms with Gasteiger partial charge in [-0.25, -0.2) is 28.4 Å². The molecule has 0 saturated carbocycles. The lowest BCUT2D eigenvalue weighted by atomic mass is 10.3. The highest BCUT2D eigenvalue weighted by Crippen LogP contribution is 2.29. The zero-order valence-corrected chi connectivity index (χ0v) is 18.0. The molecule has 0 spiro atoms. The van der Waals surface area contributed by atoms with E-state index < -0.39 is 9.84 Å². The number of imidazole rings is 1. The number of nitrogens with two attached hydrogens (primary N) is 1. The van der Waals surface area contributed by atoms with Crippen molar-refractivity contribution in [2.75, 3.05) is 11.5 Å². The van der Waals surface area contributed by atoms with Gasteiger partial charge in [-0.15, -0.1) is 0 Å². The van der Waals surface area contributed by atoms with E-state index in [0.717, 1.165) is 11.1 Å². The quantitative estimate of drug-likeness (QED) is 0.511. The number of aryl methyl sites for hydroxylation is 3. The normalized spacial score (nSPS) is 12.0. The minimum Gasteiger partial charge on any atom is -0.383 e. The van der Waals surface area contributed by atoms with E-state index in [1.165, 1.54) is 10.9 Å². The van der Waals surface area contributed by atoms with Crippen molar-refractivity contribution >= 4 is 26.8 Å². The van der Waals surface area contributed by atoms with Crippen molar-refractivity contribution in [1.82, 2.24) is 34.3 Å². The average Bonchev–Trinajstić information content (AvgIpc) is 3.26. The van der Waals surface area contributed by atoms with Crippen LogP contribution in [-0.4, -0.2) is 48.5 Å². The molecule has 4 rings (SSSR count). The van der Waals surface area contributed by atoms with Crippen LogP contribution in [0.4, 0.5) is 5.82 Å². The van der Waals surface area contributed by atoms with E-state index in [1.54, 1.807) is 30.9 Å². The largest absolute Gasteiger partial charge is 0.383 e. The standard InChI is InChI=1S/C19H22N8O2S/c1-5-12-9-23-27(16(12)20)19-22-10-14(30(28,29)6-2)15(25-19)18-24-13-7-11(3)8-21-17(13)26(18)4/h7-10H,5-6,20H2,1-4H3. The van der Waals surface area contributed by atoms with E-state index in [4.69, 9.17) is 5.73 Å². The Morgan fingerprint density at radius 3 is 2.53 bits per heavy atom. The van der Waals surface area contributed by atoms with Crippen LogP contribution in [0.2, 0.25) is 0 Å². The molecule has 0 radical (unpaired) electrons. The smallest absolute Gasteiger partial charge is 0.253 e. The molecule has 0 aliphatic heterocycles. The van der Waals surface area contributed by atoms with Gasteiger partial charge < -0.3 is 10.3 Å². The van der Waals surface area contributed by atoms with Gasteiger partial charge in [0.1, 0.15) is 21.9 Å². The van der Waals surface area contributed by atoms with Crippen LogP contribution in [0.5, 0.6) is 0 Å². The summed E-state index contributed by atoms with van der Waals surface area (Å²) in [4.78, 5) is 17.8. The number of pyridine rings is 1. The van der Waals surface area contributed by atoms with Crippen LogP contribution >= 0.6 is 0 Å². The molecule has 0 aromatic carbocycles. The minimum absolute atomic E-state index is 0.00493. The van der Waals surface area contributed by atoms with Gasteiger partial charge in [-0.05, 0) is 25.0 Å². The Morgan fingerprint density at radius 1 is 1.10 bits per heavy atom. The number of anilines is 1. The summed E-state index contributed by atoms with van der Waals surface area (Å²) in [6, 6.07) is 1.89. The zero-order chi connectivity index (χ0) is 21.6. The average molecular weight is 427 g/mol. The lowest BCUT2D eigenvalue weighted by molar-refractivity contribution is 0.596. The van der Waals surface area contributed by atoms with Crippen molar-refractivity contribution in [2.24, 2.45) is 7.05 Å². The van der Waals surface area contributed by atoms with Crippen LogP contribution < -0.4 is 5.73 Å². The number of nitrogens with zero attached hydrogens (tertiary/aromatic N) is 7. The van der Waals surface area contributed by atoms with Gasteiger partial charge >= 0.3 is 0 Å². The van der Waals surface area contributed by atoms with E-state index in [0.29, 0.717) is 29.2 Å². The molecule has 0 atom stereocenters. The third-order valence-electron chi connectivity index (χ3n) is 4.97. The Kier molecular flexibility index (Phi) is 4.77. The number of nitrogen functional groups attached to an aromatic ring is 1. The second-order valence-electron chi connectivity index (χ2n) is 6.96. The van der Waals surface area contributed by atoms with Crippen molar-refractivity contribution in [3.05, 3.63) is 35.8 Å². The van der Waals surface area contributed by atoms with E-state index >= 15 is 0 Å². The number of sulfone groups is 1. The predicted octanol–water partition coefficient (Wildman–Crippen LogP) is 1.86. The Labute approximate surface area is 173 Å². The molecule has 11 heteroatoms. The fourth-order valence-electron chi connectivity index (χ4n) is 3.22. The summed E-state index contributed by atoms with van der Waals surface area (Å²) < 4.78 is 28.6. The molecule has 0 bridgehead atoms. The first kappa shape index (κ1) is 20.0. The summed E-state index contributed by atoms with van der Waals surface area (Å²) >= 11 is 0. The van der Waals surface area contributed by atoms with Crippen molar-refractivity contribution in [2.45, 2.75) is 32.1 Å². The van der Waals surface area contributed by atoms with Crippen molar-refractivity contribution in [3.63, 3.8) is 0 Å². The number of aromatic nitrogens is 7.